The van der Waals surface area contributed by atoms with Crippen molar-refractivity contribution in [2.45, 2.75) is 51.7 Å². The van der Waals surface area contributed by atoms with Gasteiger partial charge in [0.25, 0.3) is 0 Å². The van der Waals surface area contributed by atoms with E-state index in [1.165, 1.54) is 11.1 Å². The van der Waals surface area contributed by atoms with Gasteiger partial charge in [0.2, 0.25) is 0 Å². The van der Waals surface area contributed by atoms with E-state index < -0.39 is 0 Å². The summed E-state index contributed by atoms with van der Waals surface area (Å²) in [5, 5.41) is 0. The first-order chi connectivity index (χ1) is 8.46. The highest BCUT2D eigenvalue weighted by molar-refractivity contribution is 5.22. The molecular weight excluding hydrogens is 224 g/mol. The summed E-state index contributed by atoms with van der Waals surface area (Å²) in [6.07, 6.45) is 2.95. The maximum Gasteiger partial charge on any atom is 0.0623 e. The fourth-order valence-electron chi connectivity index (χ4n) is 1.99. The molecule has 1 aromatic rings. The minimum Gasteiger partial charge on any atom is -0.379 e. The fourth-order valence-corrected chi connectivity index (χ4v) is 1.99. The minimum atomic E-state index is -0.0816. The molecule has 0 aliphatic heterocycles. The Hall–Kier alpha value is -0.900. The van der Waals surface area contributed by atoms with Crippen LogP contribution < -0.4 is 11.3 Å². The molecule has 3 nitrogen and oxygen atoms in total. The summed E-state index contributed by atoms with van der Waals surface area (Å²) in [6.45, 7) is 6.32. The summed E-state index contributed by atoms with van der Waals surface area (Å²) in [4.78, 5) is 0. The Kier molecular flexibility index (Phi) is 5.79. The Bertz CT molecular complexity index is 363. The van der Waals surface area contributed by atoms with Gasteiger partial charge in [0.1, 0.15) is 0 Å². The highest BCUT2D eigenvalue weighted by Crippen LogP contribution is 2.18. The number of rotatable bonds is 7. The molecule has 102 valence electrons. The number of aryl methyl sites for hydroxylation is 1. The van der Waals surface area contributed by atoms with Crippen LogP contribution in [-0.4, -0.2) is 18.8 Å². The predicted molar refractivity (Wildman–Crippen MR) is 76.3 cm³/mol. The van der Waals surface area contributed by atoms with Gasteiger partial charge >= 0.3 is 0 Å². The molecule has 0 aromatic heterocycles. The second-order valence-electron chi connectivity index (χ2n) is 5.56. The first kappa shape index (κ1) is 15.2. The van der Waals surface area contributed by atoms with Crippen LogP contribution in [0.3, 0.4) is 0 Å². The molecule has 0 amide bonds. The molecule has 0 aliphatic carbocycles. The zero-order valence-electron chi connectivity index (χ0n) is 12.0. The first-order valence-corrected chi connectivity index (χ1v) is 6.53. The highest BCUT2D eigenvalue weighted by atomic mass is 16.5. The van der Waals surface area contributed by atoms with E-state index in [0.29, 0.717) is 6.04 Å². The molecule has 18 heavy (non-hydrogen) atoms. The third kappa shape index (κ3) is 5.17. The summed E-state index contributed by atoms with van der Waals surface area (Å²) in [7, 11) is 1.76. The van der Waals surface area contributed by atoms with Crippen molar-refractivity contribution in [2.24, 2.45) is 5.84 Å². The molecule has 1 atom stereocenters. The number of ether oxygens (including phenoxy) is 1. The SMILES string of the molecule is COC(C)(C)CCC(Cc1cccc(C)c1)NN. The van der Waals surface area contributed by atoms with Crippen LogP contribution in [-0.2, 0) is 11.2 Å². The number of hydrogen-bond acceptors (Lipinski definition) is 3. The van der Waals surface area contributed by atoms with Gasteiger partial charge in [0.05, 0.1) is 5.60 Å². The van der Waals surface area contributed by atoms with E-state index >= 15 is 0 Å². The molecule has 1 aromatic carbocycles. The van der Waals surface area contributed by atoms with Crippen LogP contribution in [0.2, 0.25) is 0 Å². The molecule has 0 aliphatic rings. The molecule has 0 radical (unpaired) electrons. The maximum atomic E-state index is 5.64. The van der Waals surface area contributed by atoms with Crippen LogP contribution in [0.25, 0.3) is 0 Å². The summed E-state index contributed by atoms with van der Waals surface area (Å²) in [5.74, 6) is 5.64. The van der Waals surface area contributed by atoms with Gasteiger partial charge in [-0.3, -0.25) is 11.3 Å². The van der Waals surface area contributed by atoms with Gasteiger partial charge in [0.15, 0.2) is 0 Å². The van der Waals surface area contributed by atoms with Gasteiger partial charge < -0.3 is 4.74 Å². The number of nitrogens with two attached hydrogens (primary N) is 1. The van der Waals surface area contributed by atoms with E-state index in [2.05, 4.69) is 50.5 Å². The molecule has 0 spiro atoms. The van der Waals surface area contributed by atoms with Crippen molar-refractivity contribution >= 4 is 0 Å². The molecule has 3 heteroatoms. The Morgan fingerprint density at radius 3 is 2.67 bits per heavy atom. The monoisotopic (exact) mass is 250 g/mol. The van der Waals surface area contributed by atoms with Crippen molar-refractivity contribution in [1.82, 2.24) is 5.43 Å². The summed E-state index contributed by atoms with van der Waals surface area (Å²) >= 11 is 0. The Balaban J connectivity index is 2.52. The van der Waals surface area contributed by atoms with Crippen molar-refractivity contribution in [1.29, 1.82) is 0 Å². The van der Waals surface area contributed by atoms with E-state index in [9.17, 15) is 0 Å². The number of methoxy groups -OCH3 is 1. The lowest BCUT2D eigenvalue weighted by molar-refractivity contribution is 0.0117. The second kappa shape index (κ2) is 6.88. The molecule has 1 rings (SSSR count). The number of nitrogens with one attached hydrogen (secondary N) is 1. The molecule has 0 heterocycles. The Labute approximate surface area is 111 Å². The number of benzene rings is 1. The number of hydrogen-bond donors (Lipinski definition) is 2. The zero-order chi connectivity index (χ0) is 13.6. The third-order valence-electron chi connectivity index (χ3n) is 3.45. The molecule has 0 saturated carbocycles. The van der Waals surface area contributed by atoms with Crippen LogP contribution in [0.5, 0.6) is 0 Å². The quantitative estimate of drug-likeness (QED) is 0.577. The van der Waals surface area contributed by atoms with E-state index in [1.54, 1.807) is 7.11 Å². The molecule has 0 fully saturated rings. The van der Waals surface area contributed by atoms with E-state index in [1.807, 2.05) is 0 Å². The van der Waals surface area contributed by atoms with Gasteiger partial charge in [-0.25, -0.2) is 0 Å². The van der Waals surface area contributed by atoms with Crippen LogP contribution in [0.1, 0.15) is 37.8 Å². The Morgan fingerprint density at radius 1 is 1.39 bits per heavy atom. The summed E-state index contributed by atoms with van der Waals surface area (Å²) in [5.41, 5.74) is 5.45. The molecule has 0 bridgehead atoms. The van der Waals surface area contributed by atoms with E-state index in [-0.39, 0.29) is 5.60 Å². The first-order valence-electron chi connectivity index (χ1n) is 6.53. The number of hydrazine groups is 1. The van der Waals surface area contributed by atoms with Gasteiger partial charge in [0, 0.05) is 13.2 Å². The maximum absolute atomic E-state index is 5.64. The summed E-state index contributed by atoms with van der Waals surface area (Å²) < 4.78 is 5.43. The average molecular weight is 250 g/mol. The lowest BCUT2D eigenvalue weighted by atomic mass is 9.95. The Morgan fingerprint density at radius 2 is 2.11 bits per heavy atom. The van der Waals surface area contributed by atoms with E-state index in [4.69, 9.17) is 10.6 Å². The van der Waals surface area contributed by atoms with Crippen LogP contribution >= 0.6 is 0 Å². The van der Waals surface area contributed by atoms with Crippen molar-refractivity contribution in [2.75, 3.05) is 7.11 Å². The van der Waals surface area contributed by atoms with Crippen molar-refractivity contribution in [3.05, 3.63) is 35.4 Å². The molecular formula is C15H26N2O. The van der Waals surface area contributed by atoms with Gasteiger partial charge in [-0.05, 0) is 45.6 Å². The standard InChI is InChI=1S/C15H26N2O/c1-12-6-5-7-13(10-12)11-14(17-16)8-9-15(2,3)18-4/h5-7,10,14,17H,8-9,11,16H2,1-4H3. The zero-order valence-corrected chi connectivity index (χ0v) is 12.0. The average Bonchev–Trinajstić information content (AvgIpc) is 2.34. The molecule has 0 saturated heterocycles. The second-order valence-corrected chi connectivity index (χ2v) is 5.56. The smallest absolute Gasteiger partial charge is 0.0623 e. The lowest BCUT2D eigenvalue weighted by Gasteiger charge is -2.25. The van der Waals surface area contributed by atoms with Crippen molar-refractivity contribution < 1.29 is 4.74 Å². The van der Waals surface area contributed by atoms with Crippen molar-refractivity contribution in [3.63, 3.8) is 0 Å². The molecule has 1 unspecified atom stereocenters. The lowest BCUT2D eigenvalue weighted by Crippen LogP contribution is -2.38. The third-order valence-corrected chi connectivity index (χ3v) is 3.45. The largest absolute Gasteiger partial charge is 0.379 e. The van der Waals surface area contributed by atoms with Crippen LogP contribution in [0.15, 0.2) is 24.3 Å². The van der Waals surface area contributed by atoms with Gasteiger partial charge in [-0.1, -0.05) is 29.8 Å². The van der Waals surface area contributed by atoms with Crippen LogP contribution in [0, 0.1) is 6.92 Å². The van der Waals surface area contributed by atoms with Gasteiger partial charge in [-0.15, -0.1) is 0 Å². The normalized spacial score (nSPS) is 13.6. The van der Waals surface area contributed by atoms with E-state index in [0.717, 1.165) is 19.3 Å². The van der Waals surface area contributed by atoms with Crippen LogP contribution in [0.4, 0.5) is 0 Å². The predicted octanol–water partition coefficient (Wildman–Crippen LogP) is 2.57. The highest BCUT2D eigenvalue weighted by Gasteiger charge is 2.18. The van der Waals surface area contributed by atoms with Crippen molar-refractivity contribution in [3.8, 4) is 0 Å². The summed E-state index contributed by atoms with van der Waals surface area (Å²) in [6, 6.07) is 8.87. The fraction of sp³-hybridized carbons (Fsp3) is 0.600. The van der Waals surface area contributed by atoms with Gasteiger partial charge in [-0.2, -0.15) is 0 Å². The molecule has 3 N–H and O–H groups in total. The minimum absolute atomic E-state index is 0.0816. The topological polar surface area (TPSA) is 47.3 Å².